The molecule has 0 spiro atoms. The van der Waals surface area contributed by atoms with E-state index < -0.39 is 6.10 Å². The maximum Gasteiger partial charge on any atom is 0.260 e. The lowest BCUT2D eigenvalue weighted by molar-refractivity contribution is -0.127. The van der Waals surface area contributed by atoms with Gasteiger partial charge >= 0.3 is 0 Å². The van der Waals surface area contributed by atoms with Crippen molar-refractivity contribution in [1.82, 2.24) is 5.32 Å². The Hall–Kier alpha value is -1.75. The summed E-state index contributed by atoms with van der Waals surface area (Å²) in [5, 5.41) is 2.91. The number of nitrogens with one attached hydrogen (secondary N) is 1. The van der Waals surface area contributed by atoms with Crippen molar-refractivity contribution in [3.63, 3.8) is 0 Å². The topological polar surface area (TPSA) is 73.6 Å². The molecule has 0 aromatic heterocycles. The van der Waals surface area contributed by atoms with Crippen LogP contribution in [0.2, 0.25) is 0 Å². The smallest absolute Gasteiger partial charge is 0.260 e. The highest BCUT2D eigenvalue weighted by Gasteiger charge is 2.17. The number of benzene rings is 1. The molecule has 0 radical (unpaired) electrons. The average Bonchev–Trinajstić information content (AvgIpc) is 2.48. The summed E-state index contributed by atoms with van der Waals surface area (Å²) in [4.78, 5) is 12.0. The summed E-state index contributed by atoms with van der Waals surface area (Å²) in [6.07, 6.45) is 1.01. The summed E-state index contributed by atoms with van der Waals surface area (Å²) < 4.78 is 11.0. The van der Waals surface area contributed by atoms with Crippen molar-refractivity contribution in [2.45, 2.75) is 45.8 Å². The van der Waals surface area contributed by atoms with Crippen molar-refractivity contribution in [3.8, 4) is 11.5 Å². The fraction of sp³-hybridized carbons (Fsp3) is 0.562. The Morgan fingerprint density at radius 1 is 1.38 bits per heavy atom. The molecule has 5 heteroatoms. The van der Waals surface area contributed by atoms with Crippen LogP contribution in [-0.2, 0) is 11.2 Å². The second-order valence-corrected chi connectivity index (χ2v) is 5.09. The Morgan fingerprint density at radius 3 is 2.67 bits per heavy atom. The molecule has 0 aliphatic carbocycles. The lowest BCUT2D eigenvalue weighted by Crippen LogP contribution is -2.41. The van der Waals surface area contributed by atoms with Gasteiger partial charge in [-0.1, -0.05) is 6.92 Å². The van der Waals surface area contributed by atoms with Crippen molar-refractivity contribution < 1.29 is 14.3 Å². The molecule has 0 bridgehead atoms. The van der Waals surface area contributed by atoms with Gasteiger partial charge in [-0.25, -0.2) is 0 Å². The first-order valence-corrected chi connectivity index (χ1v) is 7.35. The largest absolute Gasteiger partial charge is 0.497 e. The van der Waals surface area contributed by atoms with Gasteiger partial charge in [0.15, 0.2) is 6.10 Å². The molecule has 21 heavy (non-hydrogen) atoms. The van der Waals surface area contributed by atoms with Gasteiger partial charge in [-0.15, -0.1) is 0 Å². The number of hydrogen-bond acceptors (Lipinski definition) is 4. The Labute approximate surface area is 126 Å². The Bertz CT molecular complexity index is 463. The van der Waals surface area contributed by atoms with Gasteiger partial charge in [0.05, 0.1) is 7.11 Å². The van der Waals surface area contributed by atoms with Crippen LogP contribution in [0.5, 0.6) is 11.5 Å². The third-order valence-electron chi connectivity index (χ3n) is 3.36. The molecular weight excluding hydrogens is 268 g/mol. The maximum absolute atomic E-state index is 12.0. The number of rotatable bonds is 8. The van der Waals surface area contributed by atoms with Crippen LogP contribution in [0.4, 0.5) is 0 Å². The Kier molecular flexibility index (Phi) is 7.02. The van der Waals surface area contributed by atoms with E-state index in [2.05, 4.69) is 5.32 Å². The summed E-state index contributed by atoms with van der Waals surface area (Å²) in [6, 6.07) is 5.66. The molecule has 1 rings (SSSR count). The van der Waals surface area contributed by atoms with Gasteiger partial charge in [-0.2, -0.15) is 0 Å². The minimum atomic E-state index is -0.552. The predicted octanol–water partition coefficient (Wildman–Crippen LogP) is 1.88. The summed E-state index contributed by atoms with van der Waals surface area (Å²) in [5.74, 6) is 1.31. The van der Waals surface area contributed by atoms with E-state index in [-0.39, 0.29) is 11.9 Å². The number of carbonyl (C=O) groups is 1. The lowest BCUT2D eigenvalue weighted by atomic mass is 10.1. The Balaban J connectivity index is 2.78. The monoisotopic (exact) mass is 294 g/mol. The predicted molar refractivity (Wildman–Crippen MR) is 83.7 cm³/mol. The Morgan fingerprint density at radius 2 is 2.10 bits per heavy atom. The number of methoxy groups -OCH3 is 1. The molecule has 1 aromatic carbocycles. The van der Waals surface area contributed by atoms with E-state index in [9.17, 15) is 4.79 Å². The minimum Gasteiger partial charge on any atom is -0.497 e. The molecule has 1 aromatic rings. The van der Waals surface area contributed by atoms with Gasteiger partial charge in [0.2, 0.25) is 0 Å². The van der Waals surface area contributed by atoms with Crippen LogP contribution in [0, 0.1) is 0 Å². The minimum absolute atomic E-state index is 0.112. The van der Waals surface area contributed by atoms with Crippen molar-refractivity contribution in [3.05, 3.63) is 23.8 Å². The first-order chi connectivity index (χ1) is 10.0. The van der Waals surface area contributed by atoms with E-state index in [1.54, 1.807) is 14.0 Å². The molecule has 2 atom stereocenters. The summed E-state index contributed by atoms with van der Waals surface area (Å²) in [7, 11) is 1.62. The standard InChI is InChI=1S/C16H26N2O3/c1-5-11(2)18-16(19)12(3)21-15-7-6-14(20-4)10-13(15)8-9-17/h6-7,10-12H,5,8-9,17H2,1-4H3,(H,18,19). The van der Waals surface area contributed by atoms with Crippen LogP contribution < -0.4 is 20.5 Å². The first kappa shape index (κ1) is 17.3. The number of hydrogen-bond donors (Lipinski definition) is 2. The molecule has 5 nitrogen and oxygen atoms in total. The zero-order valence-corrected chi connectivity index (χ0v) is 13.3. The number of ether oxygens (including phenoxy) is 2. The van der Waals surface area contributed by atoms with Crippen LogP contribution >= 0.6 is 0 Å². The van der Waals surface area contributed by atoms with Crippen molar-refractivity contribution in [1.29, 1.82) is 0 Å². The number of nitrogens with two attached hydrogens (primary N) is 1. The molecule has 2 unspecified atom stereocenters. The zero-order chi connectivity index (χ0) is 15.8. The van der Waals surface area contributed by atoms with E-state index in [0.717, 1.165) is 17.7 Å². The highest BCUT2D eigenvalue weighted by atomic mass is 16.5. The molecule has 1 amide bonds. The second kappa shape index (κ2) is 8.52. The van der Waals surface area contributed by atoms with Gasteiger partial charge in [0, 0.05) is 6.04 Å². The molecule has 0 aliphatic heterocycles. The summed E-state index contributed by atoms with van der Waals surface area (Å²) in [6.45, 7) is 6.25. The normalized spacial score (nSPS) is 13.4. The van der Waals surface area contributed by atoms with E-state index >= 15 is 0 Å². The SMILES string of the molecule is CCC(C)NC(=O)C(C)Oc1ccc(OC)cc1CCN. The third-order valence-corrected chi connectivity index (χ3v) is 3.36. The van der Waals surface area contributed by atoms with Gasteiger partial charge in [-0.05, 0) is 57.0 Å². The molecule has 3 N–H and O–H groups in total. The fourth-order valence-electron chi connectivity index (χ4n) is 1.85. The van der Waals surface area contributed by atoms with Crippen molar-refractivity contribution in [2.24, 2.45) is 5.73 Å². The molecule has 0 heterocycles. The highest BCUT2D eigenvalue weighted by Crippen LogP contribution is 2.25. The quantitative estimate of drug-likeness (QED) is 0.768. The van der Waals surface area contributed by atoms with E-state index in [1.807, 2.05) is 32.0 Å². The fourth-order valence-corrected chi connectivity index (χ4v) is 1.85. The summed E-state index contributed by atoms with van der Waals surface area (Å²) >= 11 is 0. The number of amides is 1. The van der Waals surface area contributed by atoms with Crippen LogP contribution in [0.25, 0.3) is 0 Å². The van der Waals surface area contributed by atoms with Crippen molar-refractivity contribution >= 4 is 5.91 Å². The van der Waals surface area contributed by atoms with Crippen LogP contribution in [0.1, 0.15) is 32.8 Å². The second-order valence-electron chi connectivity index (χ2n) is 5.09. The van der Waals surface area contributed by atoms with E-state index in [0.29, 0.717) is 18.7 Å². The van der Waals surface area contributed by atoms with Gasteiger partial charge in [0.25, 0.3) is 5.91 Å². The summed E-state index contributed by atoms with van der Waals surface area (Å²) in [5.41, 5.74) is 6.56. The molecule has 0 aliphatic rings. The van der Waals surface area contributed by atoms with Gasteiger partial charge < -0.3 is 20.5 Å². The van der Waals surface area contributed by atoms with Crippen LogP contribution in [-0.4, -0.2) is 31.7 Å². The number of carbonyl (C=O) groups excluding carboxylic acids is 1. The maximum atomic E-state index is 12.0. The zero-order valence-electron chi connectivity index (χ0n) is 13.3. The third kappa shape index (κ3) is 5.27. The molecule has 118 valence electrons. The van der Waals surface area contributed by atoms with Gasteiger partial charge in [-0.3, -0.25) is 4.79 Å². The lowest BCUT2D eigenvalue weighted by Gasteiger charge is -2.19. The van der Waals surface area contributed by atoms with Crippen LogP contribution in [0.15, 0.2) is 18.2 Å². The molecule has 0 fully saturated rings. The highest BCUT2D eigenvalue weighted by molar-refractivity contribution is 5.81. The average molecular weight is 294 g/mol. The van der Waals surface area contributed by atoms with E-state index in [4.69, 9.17) is 15.2 Å². The molecule has 0 saturated carbocycles. The molecule has 0 saturated heterocycles. The van der Waals surface area contributed by atoms with Crippen molar-refractivity contribution in [2.75, 3.05) is 13.7 Å². The van der Waals surface area contributed by atoms with E-state index in [1.165, 1.54) is 0 Å². The van der Waals surface area contributed by atoms with Crippen LogP contribution in [0.3, 0.4) is 0 Å². The molecular formula is C16H26N2O3. The first-order valence-electron chi connectivity index (χ1n) is 7.35. The van der Waals surface area contributed by atoms with Gasteiger partial charge in [0.1, 0.15) is 11.5 Å².